The fourth-order valence-corrected chi connectivity index (χ4v) is 2.36. The Morgan fingerprint density at radius 3 is 2.11 bits per heavy atom. The lowest BCUT2D eigenvalue weighted by atomic mass is 9.92. The Hall–Kier alpha value is -2.16. The Morgan fingerprint density at radius 1 is 0.895 bits per heavy atom. The summed E-state index contributed by atoms with van der Waals surface area (Å²) in [5, 5.41) is 1.77. The van der Waals surface area contributed by atoms with Gasteiger partial charge in [-0.1, -0.05) is 32.0 Å². The number of imide groups is 1. The highest BCUT2D eigenvalue weighted by molar-refractivity contribution is 6.25. The summed E-state index contributed by atoms with van der Waals surface area (Å²) in [7, 11) is 1.52. The molecule has 1 aliphatic heterocycles. The van der Waals surface area contributed by atoms with Gasteiger partial charge in [0.1, 0.15) is 0 Å². The number of aryl methyl sites for hydroxylation is 1. The monoisotopic (exact) mass is 255 g/mol. The molecule has 0 bridgehead atoms. The van der Waals surface area contributed by atoms with Crippen LogP contribution in [0.5, 0.6) is 0 Å². The number of carbonyl (C=O) groups is 2. The van der Waals surface area contributed by atoms with E-state index in [1.165, 1.54) is 11.9 Å². The van der Waals surface area contributed by atoms with Gasteiger partial charge < -0.3 is 0 Å². The fourth-order valence-electron chi connectivity index (χ4n) is 2.36. The summed E-state index contributed by atoms with van der Waals surface area (Å²) in [6.45, 7) is 5.98. The minimum Gasteiger partial charge on any atom is -0.277 e. The van der Waals surface area contributed by atoms with Gasteiger partial charge in [-0.25, -0.2) is 0 Å². The lowest BCUT2D eigenvalue weighted by Crippen LogP contribution is -2.36. The number of carbonyl (C=O) groups excluding carboxylic acids is 2. The van der Waals surface area contributed by atoms with Crippen LogP contribution in [0.2, 0.25) is 0 Å². The summed E-state index contributed by atoms with van der Waals surface area (Å²) in [5.74, 6) is -0.447. The molecule has 3 rings (SSSR count). The maximum absolute atomic E-state index is 12.0. The van der Waals surface area contributed by atoms with Crippen LogP contribution in [-0.2, 0) is 0 Å². The first-order chi connectivity index (χ1) is 9.11. The zero-order chi connectivity index (χ0) is 14.2. The first kappa shape index (κ1) is 13.3. The average molecular weight is 255 g/mol. The van der Waals surface area contributed by atoms with Crippen molar-refractivity contribution in [2.24, 2.45) is 0 Å². The van der Waals surface area contributed by atoms with Crippen LogP contribution in [0.1, 0.15) is 40.1 Å². The molecule has 0 spiro atoms. The summed E-state index contributed by atoms with van der Waals surface area (Å²) in [4.78, 5) is 25.2. The van der Waals surface area contributed by atoms with Crippen LogP contribution < -0.4 is 0 Å². The minimum atomic E-state index is -0.223. The molecule has 1 aliphatic rings. The van der Waals surface area contributed by atoms with Gasteiger partial charge >= 0.3 is 0 Å². The summed E-state index contributed by atoms with van der Waals surface area (Å²) in [6, 6.07) is 9.30. The van der Waals surface area contributed by atoms with E-state index in [1.54, 1.807) is 12.1 Å². The molecular weight excluding hydrogens is 238 g/mol. The number of nitrogens with zero attached hydrogens (tertiary/aromatic N) is 1. The Labute approximate surface area is 112 Å². The first-order valence-electron chi connectivity index (χ1n) is 6.46. The second-order valence-corrected chi connectivity index (χ2v) is 4.33. The van der Waals surface area contributed by atoms with Gasteiger partial charge in [-0.15, -0.1) is 0 Å². The van der Waals surface area contributed by atoms with E-state index in [0.29, 0.717) is 11.1 Å². The van der Waals surface area contributed by atoms with Gasteiger partial charge in [-0.3, -0.25) is 14.5 Å². The van der Waals surface area contributed by atoms with Gasteiger partial charge in [0, 0.05) is 23.6 Å². The maximum Gasteiger partial charge on any atom is 0.261 e. The van der Waals surface area contributed by atoms with E-state index in [0.717, 1.165) is 16.3 Å². The Balaban J connectivity index is 0.000000637. The third-order valence-corrected chi connectivity index (χ3v) is 3.33. The number of hydrogen-bond acceptors (Lipinski definition) is 2. The second kappa shape index (κ2) is 4.84. The molecule has 0 fully saturated rings. The number of amides is 2. The predicted octanol–water partition coefficient (Wildman–Crippen LogP) is 3.40. The number of rotatable bonds is 0. The molecule has 19 heavy (non-hydrogen) atoms. The molecule has 0 saturated carbocycles. The summed E-state index contributed by atoms with van der Waals surface area (Å²) in [6.07, 6.45) is 0. The van der Waals surface area contributed by atoms with Crippen LogP contribution in [0.15, 0.2) is 30.3 Å². The molecule has 1 heterocycles. The van der Waals surface area contributed by atoms with Crippen molar-refractivity contribution in [3.63, 3.8) is 0 Å². The van der Waals surface area contributed by atoms with Crippen molar-refractivity contribution in [3.05, 3.63) is 47.0 Å². The molecule has 0 unspecified atom stereocenters. The van der Waals surface area contributed by atoms with E-state index >= 15 is 0 Å². The molecule has 0 saturated heterocycles. The van der Waals surface area contributed by atoms with Gasteiger partial charge in [0.2, 0.25) is 0 Å². The standard InChI is InChI=1S/C14H11NO2.C2H6/c1-8-6-7-11-12-9(8)4-3-5-10(12)13(16)15(2)14(11)17;1-2/h3-7H,1-2H3;1-2H3. The quantitative estimate of drug-likeness (QED) is 0.676. The van der Waals surface area contributed by atoms with E-state index in [1.807, 2.05) is 39.0 Å². The maximum atomic E-state index is 12.0. The van der Waals surface area contributed by atoms with Crippen LogP contribution in [0, 0.1) is 6.92 Å². The molecule has 0 aromatic heterocycles. The predicted molar refractivity (Wildman–Crippen MR) is 76.5 cm³/mol. The van der Waals surface area contributed by atoms with E-state index in [4.69, 9.17) is 0 Å². The van der Waals surface area contributed by atoms with Gasteiger partial charge in [-0.2, -0.15) is 0 Å². The van der Waals surface area contributed by atoms with Crippen LogP contribution in [-0.4, -0.2) is 23.8 Å². The largest absolute Gasteiger partial charge is 0.277 e. The minimum absolute atomic E-state index is 0.223. The molecule has 0 radical (unpaired) electrons. The van der Waals surface area contributed by atoms with Gasteiger partial charge in [0.25, 0.3) is 11.8 Å². The third kappa shape index (κ3) is 1.82. The highest BCUT2D eigenvalue weighted by atomic mass is 16.2. The number of benzene rings is 2. The molecule has 3 nitrogen and oxygen atoms in total. The topological polar surface area (TPSA) is 37.4 Å². The van der Waals surface area contributed by atoms with E-state index in [2.05, 4.69) is 0 Å². The third-order valence-electron chi connectivity index (χ3n) is 3.33. The van der Waals surface area contributed by atoms with Crippen molar-refractivity contribution in [2.45, 2.75) is 20.8 Å². The molecule has 2 aromatic carbocycles. The number of hydrogen-bond donors (Lipinski definition) is 0. The van der Waals surface area contributed by atoms with Crippen LogP contribution >= 0.6 is 0 Å². The van der Waals surface area contributed by atoms with Crippen molar-refractivity contribution in [1.82, 2.24) is 4.90 Å². The van der Waals surface area contributed by atoms with E-state index in [9.17, 15) is 9.59 Å². The molecular formula is C16H17NO2. The Bertz CT molecular complexity index is 651. The highest BCUT2D eigenvalue weighted by Crippen LogP contribution is 2.31. The van der Waals surface area contributed by atoms with Gasteiger partial charge in [-0.05, 0) is 30.0 Å². The van der Waals surface area contributed by atoms with Crippen molar-refractivity contribution >= 4 is 22.6 Å². The van der Waals surface area contributed by atoms with Crippen molar-refractivity contribution < 1.29 is 9.59 Å². The van der Waals surface area contributed by atoms with E-state index < -0.39 is 0 Å². The zero-order valence-corrected chi connectivity index (χ0v) is 11.7. The molecule has 2 amide bonds. The Kier molecular flexibility index (Phi) is 3.38. The van der Waals surface area contributed by atoms with E-state index in [-0.39, 0.29) is 11.8 Å². The van der Waals surface area contributed by atoms with Crippen molar-refractivity contribution in [1.29, 1.82) is 0 Å². The molecule has 0 aliphatic carbocycles. The highest BCUT2D eigenvalue weighted by Gasteiger charge is 2.29. The molecule has 98 valence electrons. The second-order valence-electron chi connectivity index (χ2n) is 4.33. The average Bonchev–Trinajstić information content (AvgIpc) is 2.46. The molecule has 0 atom stereocenters. The van der Waals surface area contributed by atoms with Crippen molar-refractivity contribution in [2.75, 3.05) is 7.05 Å². The lowest BCUT2D eigenvalue weighted by molar-refractivity contribution is 0.0651. The van der Waals surface area contributed by atoms with Crippen LogP contribution in [0.3, 0.4) is 0 Å². The smallest absolute Gasteiger partial charge is 0.261 e. The van der Waals surface area contributed by atoms with Gasteiger partial charge in [0.15, 0.2) is 0 Å². The van der Waals surface area contributed by atoms with Gasteiger partial charge in [0.05, 0.1) is 0 Å². The van der Waals surface area contributed by atoms with Crippen molar-refractivity contribution in [3.8, 4) is 0 Å². The molecule has 3 heteroatoms. The summed E-state index contributed by atoms with van der Waals surface area (Å²) < 4.78 is 0. The van der Waals surface area contributed by atoms with Crippen LogP contribution in [0.25, 0.3) is 10.8 Å². The normalized spacial score (nSPS) is 13.4. The molecule has 2 aromatic rings. The molecule has 0 N–H and O–H groups in total. The first-order valence-corrected chi connectivity index (χ1v) is 6.46. The summed E-state index contributed by atoms with van der Waals surface area (Å²) in [5.41, 5.74) is 2.31. The lowest BCUT2D eigenvalue weighted by Gasteiger charge is -2.24. The SMILES string of the molecule is CC.Cc1ccc2c3c(cccc13)C(=O)N(C)C2=O. The fraction of sp³-hybridized carbons (Fsp3) is 0.250. The summed E-state index contributed by atoms with van der Waals surface area (Å²) >= 11 is 0. The Morgan fingerprint density at radius 2 is 1.47 bits per heavy atom. The zero-order valence-electron chi connectivity index (χ0n) is 11.7. The van der Waals surface area contributed by atoms with Crippen LogP contribution in [0.4, 0.5) is 0 Å².